The fourth-order valence-corrected chi connectivity index (χ4v) is 3.32. The molecule has 4 nitrogen and oxygen atoms in total. The number of carboxylic acid groups (broad SMARTS) is 1. The van der Waals surface area contributed by atoms with Crippen molar-refractivity contribution in [3.05, 3.63) is 95.3 Å². The van der Waals surface area contributed by atoms with Crippen LogP contribution in [0.15, 0.2) is 79.1 Å². The average molecular weight is 378 g/mol. The van der Waals surface area contributed by atoms with Crippen LogP contribution < -0.4 is 4.74 Å². The van der Waals surface area contributed by atoms with E-state index >= 15 is 0 Å². The van der Waals surface area contributed by atoms with Crippen LogP contribution in [0, 0.1) is 0 Å². The van der Waals surface area contributed by atoms with Crippen LogP contribution >= 0.6 is 11.6 Å². The lowest BCUT2D eigenvalue weighted by Crippen LogP contribution is -1.98. The molecule has 0 saturated heterocycles. The molecular formula is C22H16ClNO3. The number of benzene rings is 2. The van der Waals surface area contributed by atoms with Gasteiger partial charge in [0.2, 0.25) is 0 Å². The van der Waals surface area contributed by atoms with Crippen molar-refractivity contribution >= 4 is 23.1 Å². The lowest BCUT2D eigenvalue weighted by molar-refractivity contribution is 0.0700. The second-order valence-electron chi connectivity index (χ2n) is 6.14. The minimum absolute atomic E-state index is 0.254. The van der Waals surface area contributed by atoms with Crippen molar-refractivity contribution in [2.24, 2.45) is 0 Å². The molecule has 0 fully saturated rings. The summed E-state index contributed by atoms with van der Waals surface area (Å²) in [5, 5.41) is 10.1. The maximum atomic E-state index is 11.8. The van der Waals surface area contributed by atoms with Crippen molar-refractivity contribution in [2.45, 2.75) is 6.61 Å². The Kier molecular flexibility index (Phi) is 4.57. The normalized spacial score (nSPS) is 10.9. The summed E-state index contributed by atoms with van der Waals surface area (Å²) in [6.45, 7) is 0.413. The van der Waals surface area contributed by atoms with Crippen molar-refractivity contribution in [1.82, 2.24) is 4.40 Å². The van der Waals surface area contributed by atoms with E-state index in [0.29, 0.717) is 28.5 Å². The molecule has 134 valence electrons. The number of hydrogen-bond acceptors (Lipinski definition) is 2. The van der Waals surface area contributed by atoms with Crippen LogP contribution in [-0.2, 0) is 6.61 Å². The summed E-state index contributed by atoms with van der Waals surface area (Å²) in [7, 11) is 0. The van der Waals surface area contributed by atoms with Crippen LogP contribution in [0.5, 0.6) is 5.75 Å². The quantitative estimate of drug-likeness (QED) is 0.497. The third kappa shape index (κ3) is 3.39. The first-order valence-corrected chi connectivity index (χ1v) is 8.81. The molecule has 0 atom stereocenters. The van der Waals surface area contributed by atoms with Gasteiger partial charge < -0.3 is 14.2 Å². The Morgan fingerprint density at radius 3 is 2.56 bits per heavy atom. The molecule has 0 aliphatic rings. The molecule has 2 heterocycles. The monoisotopic (exact) mass is 377 g/mol. The second-order valence-corrected chi connectivity index (χ2v) is 6.54. The minimum atomic E-state index is -0.973. The number of aromatic carboxylic acids is 1. The first-order valence-electron chi connectivity index (χ1n) is 8.43. The van der Waals surface area contributed by atoms with E-state index in [9.17, 15) is 9.90 Å². The van der Waals surface area contributed by atoms with Crippen LogP contribution in [-0.4, -0.2) is 15.5 Å². The highest BCUT2D eigenvalue weighted by Crippen LogP contribution is 2.34. The fourth-order valence-electron chi connectivity index (χ4n) is 3.09. The second kappa shape index (κ2) is 7.17. The molecule has 1 N–H and O–H groups in total. The number of fused-ring (bicyclic) bond motifs is 1. The zero-order valence-electron chi connectivity index (χ0n) is 14.3. The van der Waals surface area contributed by atoms with Gasteiger partial charge in [-0.15, -0.1) is 0 Å². The molecule has 0 amide bonds. The van der Waals surface area contributed by atoms with E-state index in [2.05, 4.69) is 0 Å². The van der Waals surface area contributed by atoms with Crippen molar-refractivity contribution in [2.75, 3.05) is 0 Å². The first kappa shape index (κ1) is 17.2. The van der Waals surface area contributed by atoms with Gasteiger partial charge in [-0.2, -0.15) is 0 Å². The Balaban J connectivity index is 1.67. The topological polar surface area (TPSA) is 50.9 Å². The predicted octanol–water partition coefficient (Wildman–Crippen LogP) is 5.54. The van der Waals surface area contributed by atoms with Crippen LogP contribution in [0.1, 0.15) is 15.9 Å². The van der Waals surface area contributed by atoms with Crippen LogP contribution in [0.3, 0.4) is 0 Å². The Labute approximate surface area is 161 Å². The fraction of sp³-hybridized carbons (Fsp3) is 0.0455. The van der Waals surface area contributed by atoms with Gasteiger partial charge in [-0.3, -0.25) is 0 Å². The molecule has 0 radical (unpaired) electrons. The molecule has 5 heteroatoms. The predicted molar refractivity (Wildman–Crippen MR) is 106 cm³/mol. The van der Waals surface area contributed by atoms with Crippen molar-refractivity contribution in [1.29, 1.82) is 0 Å². The number of hydrogen-bond donors (Lipinski definition) is 1. The third-order valence-corrected chi connectivity index (χ3v) is 4.67. The highest BCUT2D eigenvalue weighted by molar-refractivity contribution is 6.32. The number of rotatable bonds is 5. The molecule has 0 spiro atoms. The number of ether oxygens (including phenoxy) is 1. The number of halogens is 1. The Morgan fingerprint density at radius 1 is 1.04 bits per heavy atom. The van der Waals surface area contributed by atoms with Gasteiger partial charge in [0.15, 0.2) is 0 Å². The number of nitrogens with zero attached hydrogens (tertiary/aromatic N) is 1. The number of carboxylic acids is 1. The van der Waals surface area contributed by atoms with Crippen LogP contribution in [0.4, 0.5) is 0 Å². The van der Waals surface area contributed by atoms with Crippen LogP contribution in [0.25, 0.3) is 16.6 Å². The Morgan fingerprint density at radius 2 is 1.81 bits per heavy atom. The van der Waals surface area contributed by atoms with Gasteiger partial charge in [0.05, 0.1) is 16.1 Å². The van der Waals surface area contributed by atoms with Gasteiger partial charge in [0, 0.05) is 18.0 Å². The zero-order valence-corrected chi connectivity index (χ0v) is 15.1. The molecule has 0 saturated carbocycles. The molecule has 2 aromatic heterocycles. The number of carbonyl (C=O) groups is 1. The molecule has 0 bridgehead atoms. The van der Waals surface area contributed by atoms with E-state index in [-0.39, 0.29) is 5.56 Å². The maximum absolute atomic E-state index is 11.8. The number of pyridine rings is 1. The molecule has 0 aliphatic carbocycles. The van der Waals surface area contributed by atoms with Crippen molar-refractivity contribution in [3.8, 4) is 16.9 Å². The van der Waals surface area contributed by atoms with Gasteiger partial charge >= 0.3 is 5.97 Å². The van der Waals surface area contributed by atoms with Gasteiger partial charge in [-0.05, 0) is 35.4 Å². The van der Waals surface area contributed by atoms with E-state index in [4.69, 9.17) is 16.3 Å². The first-order chi connectivity index (χ1) is 13.1. The molecule has 4 aromatic rings. The summed E-state index contributed by atoms with van der Waals surface area (Å²) in [6.07, 6.45) is 3.62. The van der Waals surface area contributed by atoms with E-state index in [1.807, 2.05) is 54.7 Å². The minimum Gasteiger partial charge on any atom is -0.487 e. The van der Waals surface area contributed by atoms with E-state index in [1.54, 1.807) is 28.8 Å². The lowest BCUT2D eigenvalue weighted by Gasteiger charge is -2.10. The molecule has 4 rings (SSSR count). The summed E-state index contributed by atoms with van der Waals surface area (Å²) in [5.74, 6) is -0.413. The van der Waals surface area contributed by atoms with E-state index < -0.39 is 5.97 Å². The standard InChI is InChI=1S/C22H16ClNO3/c23-18-12-16(9-10-20(18)27-14-15-6-2-1-3-7-15)17-13-24-11-5-4-8-19(24)21(17)22(25)26/h1-13H,14H2,(H,25,26). The molecule has 27 heavy (non-hydrogen) atoms. The van der Waals surface area contributed by atoms with Gasteiger partial charge in [0.25, 0.3) is 0 Å². The third-order valence-electron chi connectivity index (χ3n) is 4.38. The van der Waals surface area contributed by atoms with Gasteiger partial charge in [-0.25, -0.2) is 4.79 Å². The average Bonchev–Trinajstić information content (AvgIpc) is 3.07. The number of aromatic nitrogens is 1. The maximum Gasteiger partial charge on any atom is 0.338 e. The molecular weight excluding hydrogens is 362 g/mol. The van der Waals surface area contributed by atoms with Gasteiger partial charge in [0.1, 0.15) is 12.4 Å². The molecule has 2 aromatic carbocycles. The van der Waals surface area contributed by atoms with Crippen molar-refractivity contribution < 1.29 is 14.6 Å². The highest BCUT2D eigenvalue weighted by Gasteiger charge is 2.19. The van der Waals surface area contributed by atoms with Gasteiger partial charge in [-0.1, -0.05) is 54.1 Å². The molecule has 0 aliphatic heterocycles. The Bertz CT molecular complexity index is 1120. The largest absolute Gasteiger partial charge is 0.487 e. The summed E-state index contributed by atoms with van der Waals surface area (Å²) in [5.41, 5.74) is 3.29. The molecule has 0 unspecified atom stereocenters. The summed E-state index contributed by atoms with van der Waals surface area (Å²) >= 11 is 6.40. The van der Waals surface area contributed by atoms with E-state index in [0.717, 1.165) is 11.1 Å². The summed E-state index contributed by atoms with van der Waals surface area (Å²) < 4.78 is 7.59. The smallest absolute Gasteiger partial charge is 0.338 e. The van der Waals surface area contributed by atoms with Crippen molar-refractivity contribution in [3.63, 3.8) is 0 Å². The van der Waals surface area contributed by atoms with Crippen LogP contribution in [0.2, 0.25) is 5.02 Å². The summed E-state index contributed by atoms with van der Waals surface area (Å²) in [6, 6.07) is 20.6. The lowest BCUT2D eigenvalue weighted by atomic mass is 10.0. The zero-order chi connectivity index (χ0) is 18.8. The SMILES string of the molecule is O=C(O)c1c(-c2ccc(OCc3ccccc3)c(Cl)c2)cn2ccccc12. The Hall–Kier alpha value is -3.24. The summed E-state index contributed by atoms with van der Waals surface area (Å²) in [4.78, 5) is 11.8. The highest BCUT2D eigenvalue weighted by atomic mass is 35.5. The van der Waals surface area contributed by atoms with E-state index in [1.165, 1.54) is 0 Å².